The van der Waals surface area contributed by atoms with Crippen LogP contribution in [-0.4, -0.2) is 6.71 Å². The van der Waals surface area contributed by atoms with Crippen LogP contribution in [0.3, 0.4) is 0 Å². The van der Waals surface area contributed by atoms with Gasteiger partial charge in [-0.1, -0.05) is 134 Å². The lowest BCUT2D eigenvalue weighted by atomic mass is 9.35. The smallest absolute Gasteiger partial charge is 0.298 e. The number of thiophene rings is 1. The van der Waals surface area contributed by atoms with Crippen molar-refractivity contribution in [2.75, 3.05) is 14.7 Å². The molecule has 14 rings (SSSR count). The molecule has 2 aromatic heterocycles. The van der Waals surface area contributed by atoms with Crippen molar-refractivity contribution in [1.82, 2.24) is 0 Å². The second-order valence-electron chi connectivity index (χ2n) is 22.8. The molecule has 1 fully saturated rings. The van der Waals surface area contributed by atoms with Gasteiger partial charge in [0.05, 0.1) is 22.0 Å². The Bertz CT molecular complexity index is 3420. The van der Waals surface area contributed by atoms with Gasteiger partial charge in [0.1, 0.15) is 5.58 Å². The summed E-state index contributed by atoms with van der Waals surface area (Å²) in [7, 11) is 0. The molecule has 0 unspecified atom stereocenters. The lowest BCUT2D eigenvalue weighted by molar-refractivity contribution is 0.188. The zero-order chi connectivity index (χ0) is 46.5. The Hall–Kier alpha value is -6.50. The van der Waals surface area contributed by atoms with Gasteiger partial charge in [-0.15, -0.1) is 11.3 Å². The largest absolute Gasteiger partial charge is 0.468 e. The number of para-hydroxylation sites is 3. The molecule has 68 heavy (non-hydrogen) atoms. The van der Waals surface area contributed by atoms with Gasteiger partial charge < -0.3 is 19.1 Å². The van der Waals surface area contributed by atoms with Gasteiger partial charge in [-0.05, 0) is 165 Å². The first-order valence-corrected chi connectivity index (χ1v) is 25.5. The Morgan fingerprint density at radius 3 is 1.65 bits per heavy atom. The van der Waals surface area contributed by atoms with Crippen molar-refractivity contribution in [1.29, 1.82) is 0 Å². The predicted octanol–water partition coefficient (Wildman–Crippen LogP) is 15.9. The summed E-state index contributed by atoms with van der Waals surface area (Å²) in [4.78, 5) is 7.58. The minimum Gasteiger partial charge on any atom is -0.468 e. The molecule has 4 nitrogen and oxygen atoms in total. The zero-order valence-corrected chi connectivity index (χ0v) is 41.4. The molecule has 3 aliphatic carbocycles. The SMILES string of the molecule is CC(C)(C)c1ccc(N2c3cc(N(c4ccccc4)c4ccccc4)cc4c3B(c3oc5cc6c(cc5c32)C2(C)CCC6(C)CC2)c2c(sc3ccc(C(C)(C)C)cc23)N4c2ccccc2)cc1. The summed E-state index contributed by atoms with van der Waals surface area (Å²) in [6.07, 6.45) is 4.90. The molecular formula is C62H58BN3OS. The Morgan fingerprint density at radius 1 is 0.529 bits per heavy atom. The number of rotatable bonds is 5. The minimum atomic E-state index is -0.165. The highest BCUT2D eigenvalue weighted by molar-refractivity contribution is 7.26. The van der Waals surface area contributed by atoms with Crippen LogP contribution in [0.1, 0.15) is 103 Å². The van der Waals surface area contributed by atoms with Crippen molar-refractivity contribution in [2.24, 2.45) is 0 Å². The zero-order valence-electron chi connectivity index (χ0n) is 40.6. The highest BCUT2D eigenvalue weighted by atomic mass is 32.1. The summed E-state index contributed by atoms with van der Waals surface area (Å²) >= 11 is 1.91. The molecule has 1 saturated carbocycles. The maximum absolute atomic E-state index is 7.69. The summed E-state index contributed by atoms with van der Waals surface area (Å²) in [6.45, 7) is 18.8. The molecule has 0 amide bonds. The fourth-order valence-electron chi connectivity index (χ4n) is 12.3. The molecule has 9 aromatic rings. The number of furan rings is 1. The maximum Gasteiger partial charge on any atom is 0.298 e. The van der Waals surface area contributed by atoms with E-state index in [9.17, 15) is 0 Å². The highest BCUT2D eigenvalue weighted by Gasteiger charge is 2.51. The molecule has 0 saturated heterocycles. The van der Waals surface area contributed by atoms with Gasteiger partial charge in [-0.2, -0.15) is 0 Å². The normalized spacial score (nSPS) is 19.3. The number of hydrogen-bond acceptors (Lipinski definition) is 5. The van der Waals surface area contributed by atoms with Crippen molar-refractivity contribution in [3.63, 3.8) is 0 Å². The molecular weight excluding hydrogens is 846 g/mol. The van der Waals surface area contributed by atoms with Crippen molar-refractivity contribution >= 4 is 106 Å². The predicted molar refractivity (Wildman–Crippen MR) is 291 cm³/mol. The first-order chi connectivity index (χ1) is 32.7. The van der Waals surface area contributed by atoms with E-state index >= 15 is 0 Å². The molecule has 336 valence electrons. The van der Waals surface area contributed by atoms with Gasteiger partial charge in [0.15, 0.2) is 0 Å². The fourth-order valence-corrected chi connectivity index (χ4v) is 13.6. The van der Waals surface area contributed by atoms with E-state index in [2.05, 4.69) is 228 Å². The van der Waals surface area contributed by atoms with Crippen LogP contribution in [-0.2, 0) is 21.7 Å². The summed E-state index contributed by atoms with van der Waals surface area (Å²) < 4.78 is 8.98. The van der Waals surface area contributed by atoms with E-state index in [4.69, 9.17) is 4.42 Å². The lowest BCUT2D eigenvalue weighted by Gasteiger charge is -2.52. The Morgan fingerprint density at radius 2 is 1.06 bits per heavy atom. The topological polar surface area (TPSA) is 22.9 Å². The van der Waals surface area contributed by atoms with E-state index in [1.54, 1.807) is 0 Å². The molecule has 0 atom stereocenters. The summed E-state index contributed by atoms with van der Waals surface area (Å²) in [5, 5.41) is 3.76. The van der Waals surface area contributed by atoms with Gasteiger partial charge in [0.25, 0.3) is 6.71 Å². The molecule has 0 spiro atoms. The van der Waals surface area contributed by atoms with Crippen LogP contribution in [0, 0.1) is 0 Å². The fraction of sp³-hybridized carbons (Fsp3) is 0.258. The molecule has 5 aliphatic rings. The quantitative estimate of drug-likeness (QED) is 0.161. The first kappa shape index (κ1) is 41.7. The van der Waals surface area contributed by atoms with E-state index in [-0.39, 0.29) is 28.4 Å². The molecule has 7 aromatic carbocycles. The maximum atomic E-state index is 7.69. The summed E-state index contributed by atoms with van der Waals surface area (Å²) in [5.74, 6) is 0. The van der Waals surface area contributed by atoms with Crippen molar-refractivity contribution in [2.45, 2.75) is 103 Å². The van der Waals surface area contributed by atoms with Crippen molar-refractivity contribution < 1.29 is 4.42 Å². The second kappa shape index (κ2) is 14.5. The second-order valence-corrected chi connectivity index (χ2v) is 23.8. The third-order valence-corrected chi connectivity index (χ3v) is 17.5. The van der Waals surface area contributed by atoms with E-state index in [1.807, 2.05) is 11.3 Å². The average molecular weight is 904 g/mol. The van der Waals surface area contributed by atoms with E-state index < -0.39 is 0 Å². The van der Waals surface area contributed by atoms with Gasteiger partial charge >= 0.3 is 0 Å². The summed E-state index contributed by atoms with van der Waals surface area (Å²) in [6, 6.07) is 59.4. The molecule has 6 heteroatoms. The van der Waals surface area contributed by atoms with Crippen molar-refractivity contribution in [3.8, 4) is 0 Å². The monoisotopic (exact) mass is 903 g/mol. The molecule has 4 heterocycles. The highest BCUT2D eigenvalue weighted by Crippen LogP contribution is 2.59. The Balaban J connectivity index is 1.19. The standard InChI is InChI=1S/C62H58BN3OS/c1-59(2,3)39-24-27-44(28-25-39)65-50-35-45(64(41-18-12-9-13-19-41)42-20-14-10-15-21-42)36-51-55(50)63(57-56(65)46-37-48-49(38-52(46)67-57)62(8)32-30-61(48,7)31-33-62)54-47-34-40(60(4,5)6)26-29-53(47)68-58(54)66(51)43-22-16-11-17-23-43/h9-29,34-38H,30-33H2,1-8H3. The minimum absolute atomic E-state index is 0.00635. The van der Waals surface area contributed by atoms with Crippen LogP contribution in [0.4, 0.5) is 50.5 Å². The average Bonchev–Trinajstić information content (AvgIpc) is 3.90. The van der Waals surface area contributed by atoms with Crippen LogP contribution in [0.25, 0.3) is 21.1 Å². The van der Waals surface area contributed by atoms with Gasteiger partial charge in [0.2, 0.25) is 0 Å². The molecule has 0 N–H and O–H groups in total. The molecule has 0 radical (unpaired) electrons. The van der Waals surface area contributed by atoms with Gasteiger partial charge in [0, 0.05) is 44.2 Å². The lowest BCUT2D eigenvalue weighted by Crippen LogP contribution is -2.60. The third kappa shape index (κ3) is 6.11. The summed E-state index contributed by atoms with van der Waals surface area (Å²) in [5.41, 5.74) is 19.7. The Kier molecular flexibility index (Phi) is 8.89. The number of benzene rings is 7. The number of fused-ring (bicyclic) bond motifs is 10. The molecule has 2 aliphatic heterocycles. The van der Waals surface area contributed by atoms with E-state index in [0.717, 1.165) is 39.7 Å². The van der Waals surface area contributed by atoms with Crippen LogP contribution in [0.15, 0.2) is 162 Å². The Labute approximate surface area is 405 Å². The number of nitrogens with zero attached hydrogens (tertiary/aromatic N) is 3. The van der Waals surface area contributed by atoms with Crippen LogP contribution in [0.5, 0.6) is 0 Å². The number of anilines is 9. The van der Waals surface area contributed by atoms with Crippen LogP contribution >= 0.6 is 11.3 Å². The number of hydrogen-bond donors (Lipinski definition) is 0. The van der Waals surface area contributed by atoms with Crippen LogP contribution < -0.4 is 31.3 Å². The van der Waals surface area contributed by atoms with Crippen LogP contribution in [0.2, 0.25) is 0 Å². The van der Waals surface area contributed by atoms with Crippen molar-refractivity contribution in [3.05, 3.63) is 180 Å². The van der Waals surface area contributed by atoms with Gasteiger partial charge in [-0.3, -0.25) is 0 Å². The van der Waals surface area contributed by atoms with E-state index in [0.29, 0.717) is 0 Å². The first-order valence-electron chi connectivity index (χ1n) is 24.7. The molecule has 2 bridgehead atoms. The van der Waals surface area contributed by atoms with E-state index in [1.165, 1.54) is 96.4 Å². The van der Waals surface area contributed by atoms with Gasteiger partial charge in [-0.25, -0.2) is 0 Å². The third-order valence-electron chi connectivity index (χ3n) is 16.3.